The minimum absolute atomic E-state index is 0. The first-order valence-corrected chi connectivity index (χ1v) is 41.7. The van der Waals surface area contributed by atoms with E-state index in [1.165, 1.54) is 81.8 Å². The summed E-state index contributed by atoms with van der Waals surface area (Å²) in [5.74, 6) is -11.4. The molecule has 6 aliphatic rings. The van der Waals surface area contributed by atoms with Gasteiger partial charge in [-0.3, -0.25) is 58.1 Å². The third kappa shape index (κ3) is 26.6. The van der Waals surface area contributed by atoms with Gasteiger partial charge in [-0.05, 0) is 90.5 Å². The van der Waals surface area contributed by atoms with Crippen molar-refractivity contribution in [2.75, 3.05) is 81.0 Å². The average molecular weight is 1910 g/mol. The second-order valence-electron chi connectivity index (χ2n) is 31.1. The number of hydrogen-bond acceptors (Lipinski definition) is 38. The van der Waals surface area contributed by atoms with Gasteiger partial charge in [0.05, 0.1) is 123 Å². The molecule has 0 aromatic heterocycles. The number of methoxy groups -OCH3 is 4. The quantitative estimate of drug-likeness (QED) is 0.00945. The molecule has 4 aliphatic carbocycles. The summed E-state index contributed by atoms with van der Waals surface area (Å²) in [6.07, 6.45) is -12.5. The number of nitrogens with two attached hydrogens (primary N) is 1. The number of carbonyl (C=O) groups is 14. The fourth-order valence-corrected chi connectivity index (χ4v) is 15.6. The van der Waals surface area contributed by atoms with Crippen molar-refractivity contribution in [1.29, 1.82) is 0 Å². The number of aliphatic carboxylic acids is 1. The third-order valence-electron chi connectivity index (χ3n) is 22.3. The van der Waals surface area contributed by atoms with Crippen LogP contribution < -0.4 is 52.4 Å². The van der Waals surface area contributed by atoms with E-state index in [1.807, 2.05) is 0 Å². The lowest BCUT2D eigenvalue weighted by molar-refractivity contribution is -0.384. The molecule has 0 spiro atoms. The van der Waals surface area contributed by atoms with Crippen LogP contribution in [0.2, 0.25) is 0 Å². The third-order valence-corrected chi connectivity index (χ3v) is 22.3. The highest BCUT2D eigenvalue weighted by Gasteiger charge is 2.53. The predicted octanol–water partition coefficient (Wildman–Crippen LogP) is 2.32. The number of nitro groups is 1. The number of benzene rings is 5. The molecule has 47 nitrogen and oxygen atoms in total. The van der Waals surface area contributed by atoms with Crippen LogP contribution in [-0.4, -0.2) is 302 Å². The molecule has 2 aliphatic heterocycles. The molecule has 2 saturated heterocycles. The Hall–Kier alpha value is -13.4. The Morgan fingerprint density at radius 3 is 1.32 bits per heavy atom. The number of alkyl carbamates (subject to hydrolysis) is 4. The lowest BCUT2D eigenvalue weighted by Crippen LogP contribution is -2.57. The number of unbranched alkanes of at least 4 members (excludes halogenated alkanes) is 2. The van der Waals surface area contributed by atoms with Crippen LogP contribution in [0.3, 0.4) is 0 Å². The lowest BCUT2D eigenvalue weighted by atomic mass is 9.72. The van der Waals surface area contributed by atoms with Crippen molar-refractivity contribution in [2.45, 2.75) is 204 Å². The molecular weight excluding hydrogens is 1790 g/mol. The summed E-state index contributed by atoms with van der Waals surface area (Å²) in [4.78, 5) is 184. The largest absolute Gasteiger partial charge is 0.508 e. The number of phenolic OH excluding ortho intramolecular Hbond substituents is 5. The van der Waals surface area contributed by atoms with Gasteiger partial charge in [0.25, 0.3) is 5.69 Å². The molecule has 5 aromatic rings. The molecule has 10 unspecified atom stereocenters. The molecule has 2 fully saturated rings. The Bertz CT molecular complexity index is 5180. The number of carboxylic acid groups (broad SMARTS) is 1. The van der Waals surface area contributed by atoms with E-state index in [9.17, 15) is 128 Å². The van der Waals surface area contributed by atoms with Crippen LogP contribution in [0, 0.1) is 10.1 Å². The van der Waals surface area contributed by atoms with Crippen molar-refractivity contribution in [3.63, 3.8) is 0 Å². The van der Waals surface area contributed by atoms with Crippen LogP contribution in [0.15, 0.2) is 60.7 Å². The van der Waals surface area contributed by atoms with Gasteiger partial charge in [-0.1, -0.05) is 39.1 Å². The van der Waals surface area contributed by atoms with E-state index in [4.69, 9.17) is 49.1 Å². The van der Waals surface area contributed by atoms with Crippen molar-refractivity contribution in [3.05, 3.63) is 138 Å². The molecule has 7 amide bonds. The zero-order valence-electron chi connectivity index (χ0n) is 73.3. The number of carbonyl (C=O) groups excluding carboxylic acids is 13. The average Bonchev–Trinajstić information content (AvgIpc) is 0.713. The summed E-state index contributed by atoms with van der Waals surface area (Å²) >= 11 is 0. The van der Waals surface area contributed by atoms with Crippen LogP contribution in [0.25, 0.3) is 0 Å². The number of nitro benzene ring substituents is 1. The van der Waals surface area contributed by atoms with Crippen LogP contribution >= 0.6 is 0 Å². The smallest absolute Gasteiger partial charge is 0.407 e. The molecule has 135 heavy (non-hydrogen) atoms. The van der Waals surface area contributed by atoms with E-state index in [-0.39, 0.29) is 128 Å². The number of ketones is 6. The van der Waals surface area contributed by atoms with Crippen LogP contribution in [0.5, 0.6) is 40.2 Å². The zero-order chi connectivity index (χ0) is 98.4. The van der Waals surface area contributed by atoms with Gasteiger partial charge in [-0.15, -0.1) is 0 Å². The number of ether oxygens (including phenoxy) is 10. The molecule has 0 radical (unpaired) electrons. The van der Waals surface area contributed by atoms with Gasteiger partial charge in [0.1, 0.15) is 89.4 Å². The minimum atomic E-state index is -2.40. The first-order valence-electron chi connectivity index (χ1n) is 41.7. The van der Waals surface area contributed by atoms with Gasteiger partial charge >= 0.3 is 30.3 Å². The first kappa shape index (κ1) is 110. The number of hydrogen-bond donors (Lipinski definition) is 20. The number of carboxylic acids is 1. The summed E-state index contributed by atoms with van der Waals surface area (Å²) in [7, 11) is 4.87. The molecule has 14 atom stereocenters. The van der Waals surface area contributed by atoms with Gasteiger partial charge in [0.2, 0.25) is 29.3 Å². The van der Waals surface area contributed by atoms with Crippen molar-refractivity contribution in [2.24, 2.45) is 5.73 Å². The number of amides is 7. The normalized spacial score (nSPS) is 21.7. The Morgan fingerprint density at radius 2 is 0.941 bits per heavy atom. The number of nitrogens with one attached hydrogen (secondary N) is 7. The second kappa shape index (κ2) is 49.6. The number of aromatic hydroxyl groups is 5. The summed E-state index contributed by atoms with van der Waals surface area (Å²) in [6.45, 7) is 4.19. The minimum Gasteiger partial charge on any atom is -0.508 e. The summed E-state index contributed by atoms with van der Waals surface area (Å²) in [5.41, 5.74) is -2.03. The summed E-state index contributed by atoms with van der Waals surface area (Å²) < 4.78 is 52.9. The number of phenols is 5. The van der Waals surface area contributed by atoms with E-state index in [0.717, 1.165) is 14.2 Å². The lowest BCUT2D eigenvalue weighted by Gasteiger charge is -2.43. The Balaban J connectivity index is 0.000000321. The van der Waals surface area contributed by atoms with Crippen molar-refractivity contribution in [3.8, 4) is 40.2 Å². The molecule has 5 aromatic carbocycles. The maximum Gasteiger partial charge on any atom is 0.407 e. The van der Waals surface area contributed by atoms with Gasteiger partial charge in [-0.25, -0.2) is 19.2 Å². The number of nitrogens with zero attached hydrogens (tertiary/aromatic N) is 1. The van der Waals surface area contributed by atoms with E-state index in [1.54, 1.807) is 20.8 Å². The molecular formula is C88H115N9O38. The van der Waals surface area contributed by atoms with Crippen molar-refractivity contribution < 1.29 is 181 Å². The molecule has 47 heteroatoms. The van der Waals surface area contributed by atoms with E-state index < -0.39 is 269 Å². The molecule has 740 valence electrons. The number of non-ortho nitro benzene ring substituents is 1. The molecule has 11 rings (SSSR count). The number of Topliss-reactive ketones (excluding diaryl/α,β-unsaturated/α-hetero) is 2. The van der Waals surface area contributed by atoms with E-state index in [0.29, 0.717) is 32.2 Å². The second-order valence-corrected chi connectivity index (χ2v) is 31.1. The predicted molar refractivity (Wildman–Crippen MR) is 466 cm³/mol. The maximum atomic E-state index is 14.0. The van der Waals surface area contributed by atoms with Gasteiger partial charge in [0, 0.05) is 103 Å². The maximum absolute atomic E-state index is 14.0. The number of aliphatic hydroxyl groups excluding tert-OH is 4. The van der Waals surface area contributed by atoms with E-state index in [2.05, 4.69) is 51.4 Å². The Kier molecular flexibility index (Phi) is 40.5. The SMILES string of the molecule is C.C.CCOC(=O)NCCCCC(NC(=O)OC)C(=O)NCC(=O)NC1CC(O[C@H]2C[C@](O)(C(=O)CO)Cc3c(O)c4c(c(O)c32)C(=O)c2c(OC)cccc2C4=O)OC(C)C1O.CCOC(=O)NCCCCC(NC(=O)OC)C(=O)NCC(=O)O.COc1cccc2c1C(=O)c1c(O)c3c(c(O)c1C2=O)C[C@@](O)(C(=O)CO)C[C@@H]3OC1CC(N)C(O)C(C)O1.O=[N+]([O-])c1ccc(O)cc1. The molecule has 21 N–H and O–H groups in total. The molecule has 0 saturated carbocycles. The number of aliphatic hydroxyl groups is 6. The summed E-state index contributed by atoms with van der Waals surface area (Å²) in [6, 6.07) is 9.79. The van der Waals surface area contributed by atoms with Gasteiger partial charge in [0.15, 0.2) is 35.7 Å². The van der Waals surface area contributed by atoms with Crippen LogP contribution in [0.1, 0.15) is 205 Å². The zero-order valence-corrected chi connectivity index (χ0v) is 73.3. The van der Waals surface area contributed by atoms with Gasteiger partial charge in [-0.2, -0.15) is 0 Å². The highest BCUT2D eigenvalue weighted by atomic mass is 16.7. The fraction of sp³-hybridized carbons (Fsp3) is 0.500. The van der Waals surface area contributed by atoms with Gasteiger partial charge < -0.3 is 152 Å². The summed E-state index contributed by atoms with van der Waals surface area (Å²) in [5, 5.41) is 154. The van der Waals surface area contributed by atoms with Crippen molar-refractivity contribution in [1.82, 2.24) is 37.2 Å². The highest BCUT2D eigenvalue weighted by Crippen LogP contribution is 2.55. The fourth-order valence-electron chi connectivity index (χ4n) is 15.6. The van der Waals surface area contributed by atoms with Crippen LogP contribution in [-0.2, 0) is 79.5 Å². The Morgan fingerprint density at radius 1 is 0.541 bits per heavy atom. The Labute approximate surface area is 772 Å². The highest BCUT2D eigenvalue weighted by molar-refractivity contribution is 6.32. The number of rotatable bonds is 32. The topological polar surface area (TPSA) is 727 Å². The van der Waals surface area contributed by atoms with Crippen molar-refractivity contribution >= 4 is 88.5 Å². The standard InChI is InChI=1S/C40H50N4O17.C27H29NO11.C13H23N3O7.C6H5NO3.2CH4/c1-5-59-38(54)41-12-7-6-10-21(44-39(55)58-4)37(53)42-16-26(47)43-22-13-27(60-18(2)32(22)48)61-24-15-40(56,25(46)17-45)14-20-29(24)36(52)31-30(34(20)50)33(49)19-9-8-11-23(57-3)28(19)35(31)51;1-10-22(31)13(28)6-17(38-10)39-15-8-27(36,16(30)9-29)7-12-19(15)26(35)21-20(24(12)33)23(32)11-4-3-5-14(37-2)18(11)25(21)34;1-3-23-12(20)14-7-5-4-6-9(16-13(21)22-2)11(19)15-8-10(17)18;8-6-3-1-5(2-4-6)7(9)10;;/h8-9,11,18,21-22,24,27,32,45,48,50,52,56H,5-7,10,12-17H2,1-4H3,(H,41,54)(H,42,53)(H,43,47)(H,44,55);3-5,10,13,15,17,22,29,31,33,35-36H,6-9,28H2,1-2H3;9H,3-8H2,1-2H3,(H,14,20)(H,15,19)(H,16,21)(H,17,18);1-4,8H;2*1H4/t18?,21?,22?,24-,27?,32?,40-;10?,13?,15-,17?,22?,27-;;;;/m00..../s1. The monoisotopic (exact) mass is 1910 g/mol. The number of fused-ring (bicyclic) bond motifs is 6. The van der Waals surface area contributed by atoms with Crippen LogP contribution in [0.4, 0.5) is 24.9 Å². The van der Waals surface area contributed by atoms with E-state index >= 15 is 0 Å². The molecule has 2 heterocycles. The first-order chi connectivity index (χ1) is 63.0. The molecule has 0 bridgehead atoms.